The maximum Gasteiger partial charge on any atom is 0.246 e. The van der Waals surface area contributed by atoms with Gasteiger partial charge in [-0.25, -0.2) is 0 Å². The molecule has 1 aliphatic rings. The van der Waals surface area contributed by atoms with Gasteiger partial charge in [0.2, 0.25) is 5.91 Å². The Hall–Kier alpha value is -1.59. The second kappa shape index (κ2) is 8.00. The Bertz CT molecular complexity index is 442. The maximum atomic E-state index is 11.9. The molecule has 2 rings (SSSR count). The number of amides is 1. The molecule has 1 atom stereocenters. The molecule has 5 nitrogen and oxygen atoms in total. The van der Waals surface area contributed by atoms with Crippen LogP contribution < -0.4 is 10.1 Å². The first-order valence-corrected chi connectivity index (χ1v) is 7.24. The van der Waals surface area contributed by atoms with E-state index in [0.717, 1.165) is 24.2 Å². The molecular weight excluding hydrogens is 270 g/mol. The summed E-state index contributed by atoms with van der Waals surface area (Å²) in [5.74, 6) is 1.27. The van der Waals surface area contributed by atoms with Gasteiger partial charge in [-0.1, -0.05) is 12.1 Å². The molecule has 1 aromatic carbocycles. The van der Waals surface area contributed by atoms with Crippen LogP contribution >= 0.6 is 0 Å². The SMILES string of the molecule is COCCOCC(=O)NC(c1ccc(OC)cc1)C1CC1. The van der Waals surface area contributed by atoms with Gasteiger partial charge in [-0.05, 0) is 36.5 Å². The lowest BCUT2D eigenvalue weighted by atomic mass is 10.0. The van der Waals surface area contributed by atoms with Crippen molar-refractivity contribution in [3.63, 3.8) is 0 Å². The number of benzene rings is 1. The van der Waals surface area contributed by atoms with E-state index >= 15 is 0 Å². The minimum atomic E-state index is -0.0844. The first kappa shape index (κ1) is 15.8. The number of carbonyl (C=O) groups excluding carboxylic acids is 1. The number of methoxy groups -OCH3 is 2. The third kappa shape index (κ3) is 5.02. The van der Waals surface area contributed by atoms with Gasteiger partial charge in [0.1, 0.15) is 12.4 Å². The Morgan fingerprint density at radius 1 is 1.24 bits per heavy atom. The van der Waals surface area contributed by atoms with Crippen LogP contribution in [0.3, 0.4) is 0 Å². The summed E-state index contributed by atoms with van der Waals surface area (Å²) in [7, 11) is 3.25. The molecule has 0 spiro atoms. The quantitative estimate of drug-likeness (QED) is 0.707. The number of hydrogen-bond donors (Lipinski definition) is 1. The molecule has 0 radical (unpaired) electrons. The van der Waals surface area contributed by atoms with Crippen molar-refractivity contribution in [1.82, 2.24) is 5.32 Å². The van der Waals surface area contributed by atoms with Crippen LogP contribution in [0.15, 0.2) is 24.3 Å². The van der Waals surface area contributed by atoms with Crippen molar-refractivity contribution < 1.29 is 19.0 Å². The highest BCUT2D eigenvalue weighted by Crippen LogP contribution is 2.41. The lowest BCUT2D eigenvalue weighted by Crippen LogP contribution is -2.33. The normalized spacial score (nSPS) is 15.5. The van der Waals surface area contributed by atoms with Crippen LogP contribution in [0.25, 0.3) is 0 Å². The molecule has 5 heteroatoms. The molecule has 0 bridgehead atoms. The first-order valence-electron chi connectivity index (χ1n) is 7.24. The molecule has 1 saturated carbocycles. The Kier molecular flexibility index (Phi) is 6.02. The Morgan fingerprint density at radius 3 is 2.52 bits per heavy atom. The number of rotatable bonds is 9. The largest absolute Gasteiger partial charge is 0.497 e. The van der Waals surface area contributed by atoms with E-state index in [4.69, 9.17) is 14.2 Å². The summed E-state index contributed by atoms with van der Waals surface area (Å²) in [6.45, 7) is 1.00. The fourth-order valence-corrected chi connectivity index (χ4v) is 2.24. The van der Waals surface area contributed by atoms with E-state index in [1.165, 1.54) is 0 Å². The first-order chi connectivity index (χ1) is 10.2. The van der Waals surface area contributed by atoms with Crippen LogP contribution in [-0.4, -0.2) is 39.9 Å². The van der Waals surface area contributed by atoms with Gasteiger partial charge < -0.3 is 19.5 Å². The van der Waals surface area contributed by atoms with Crippen molar-refractivity contribution >= 4 is 5.91 Å². The highest BCUT2D eigenvalue weighted by Gasteiger charge is 2.33. The van der Waals surface area contributed by atoms with Crippen LogP contribution in [0.1, 0.15) is 24.4 Å². The van der Waals surface area contributed by atoms with E-state index in [2.05, 4.69) is 5.32 Å². The molecular formula is C16H23NO4. The average Bonchev–Trinajstić information content (AvgIpc) is 3.34. The van der Waals surface area contributed by atoms with Crippen LogP contribution in [0, 0.1) is 5.92 Å². The molecule has 1 N–H and O–H groups in total. The van der Waals surface area contributed by atoms with Crippen molar-refractivity contribution in [2.24, 2.45) is 5.92 Å². The highest BCUT2D eigenvalue weighted by atomic mass is 16.5. The molecule has 0 saturated heterocycles. The lowest BCUT2D eigenvalue weighted by molar-refractivity contribution is -0.127. The van der Waals surface area contributed by atoms with Crippen molar-refractivity contribution in [1.29, 1.82) is 0 Å². The Balaban J connectivity index is 1.88. The molecule has 1 amide bonds. The van der Waals surface area contributed by atoms with Crippen LogP contribution in [-0.2, 0) is 14.3 Å². The predicted octanol–water partition coefficient (Wildman–Crippen LogP) is 1.93. The average molecular weight is 293 g/mol. The summed E-state index contributed by atoms with van der Waals surface area (Å²) < 4.78 is 15.3. The number of hydrogen-bond acceptors (Lipinski definition) is 4. The van der Waals surface area contributed by atoms with E-state index in [1.807, 2.05) is 24.3 Å². The predicted molar refractivity (Wildman–Crippen MR) is 79.3 cm³/mol. The smallest absolute Gasteiger partial charge is 0.246 e. The minimum Gasteiger partial charge on any atom is -0.497 e. The van der Waals surface area contributed by atoms with Crippen molar-refractivity contribution in [3.05, 3.63) is 29.8 Å². The molecule has 0 aromatic heterocycles. The zero-order valence-electron chi connectivity index (χ0n) is 12.6. The van der Waals surface area contributed by atoms with Crippen LogP contribution in [0.5, 0.6) is 5.75 Å². The summed E-state index contributed by atoms with van der Waals surface area (Å²) in [5, 5.41) is 3.06. The van der Waals surface area contributed by atoms with Gasteiger partial charge >= 0.3 is 0 Å². The van der Waals surface area contributed by atoms with E-state index in [1.54, 1.807) is 14.2 Å². The van der Waals surface area contributed by atoms with Crippen molar-refractivity contribution in [2.45, 2.75) is 18.9 Å². The monoisotopic (exact) mass is 293 g/mol. The summed E-state index contributed by atoms with van der Waals surface area (Å²) in [6, 6.07) is 7.93. The number of nitrogens with one attached hydrogen (secondary N) is 1. The van der Waals surface area contributed by atoms with Crippen LogP contribution in [0.4, 0.5) is 0 Å². The van der Waals surface area contributed by atoms with E-state index in [-0.39, 0.29) is 18.6 Å². The molecule has 21 heavy (non-hydrogen) atoms. The molecule has 1 aliphatic carbocycles. The lowest BCUT2D eigenvalue weighted by Gasteiger charge is -2.19. The number of ether oxygens (including phenoxy) is 3. The highest BCUT2D eigenvalue weighted by molar-refractivity contribution is 5.77. The zero-order chi connectivity index (χ0) is 15.1. The van der Waals surface area contributed by atoms with Gasteiger partial charge in [0.15, 0.2) is 0 Å². The van der Waals surface area contributed by atoms with Gasteiger partial charge in [0.05, 0.1) is 26.4 Å². The summed E-state index contributed by atoms with van der Waals surface area (Å²) >= 11 is 0. The van der Waals surface area contributed by atoms with E-state index < -0.39 is 0 Å². The topological polar surface area (TPSA) is 56.8 Å². The molecule has 0 aliphatic heterocycles. The van der Waals surface area contributed by atoms with Gasteiger partial charge in [-0.3, -0.25) is 4.79 Å². The van der Waals surface area contributed by atoms with Gasteiger partial charge in [0, 0.05) is 7.11 Å². The molecule has 0 heterocycles. The van der Waals surface area contributed by atoms with Crippen molar-refractivity contribution in [2.75, 3.05) is 34.0 Å². The standard InChI is InChI=1S/C16H23NO4/c1-19-9-10-21-11-15(18)17-16(12-3-4-12)13-5-7-14(20-2)8-6-13/h5-8,12,16H,3-4,9-11H2,1-2H3,(H,17,18). The fourth-order valence-electron chi connectivity index (χ4n) is 2.24. The third-order valence-electron chi connectivity index (χ3n) is 3.55. The van der Waals surface area contributed by atoms with Crippen LogP contribution in [0.2, 0.25) is 0 Å². The summed E-state index contributed by atoms with van der Waals surface area (Å²) in [6.07, 6.45) is 2.31. The molecule has 1 unspecified atom stereocenters. The summed E-state index contributed by atoms with van der Waals surface area (Å²) in [4.78, 5) is 11.9. The number of carbonyl (C=O) groups is 1. The van der Waals surface area contributed by atoms with Crippen molar-refractivity contribution in [3.8, 4) is 5.75 Å². The fraction of sp³-hybridized carbons (Fsp3) is 0.562. The Morgan fingerprint density at radius 2 is 1.95 bits per heavy atom. The second-order valence-corrected chi connectivity index (χ2v) is 5.20. The van der Waals surface area contributed by atoms with E-state index in [9.17, 15) is 4.79 Å². The van der Waals surface area contributed by atoms with Gasteiger partial charge in [-0.2, -0.15) is 0 Å². The molecule has 116 valence electrons. The molecule has 1 aromatic rings. The van der Waals surface area contributed by atoms with Gasteiger partial charge in [-0.15, -0.1) is 0 Å². The Labute approximate surface area is 125 Å². The second-order valence-electron chi connectivity index (χ2n) is 5.20. The third-order valence-corrected chi connectivity index (χ3v) is 3.55. The van der Waals surface area contributed by atoms with Gasteiger partial charge in [0.25, 0.3) is 0 Å². The molecule has 1 fully saturated rings. The zero-order valence-corrected chi connectivity index (χ0v) is 12.6. The maximum absolute atomic E-state index is 11.9. The minimum absolute atomic E-state index is 0.0643. The summed E-state index contributed by atoms with van der Waals surface area (Å²) in [5.41, 5.74) is 1.11. The van der Waals surface area contributed by atoms with E-state index in [0.29, 0.717) is 19.1 Å².